The molecule has 5 nitrogen and oxygen atoms in total. The summed E-state index contributed by atoms with van der Waals surface area (Å²) in [4.78, 5) is 23.7. The average molecular weight is 331 g/mol. The molecule has 0 aromatic heterocycles. The van der Waals surface area contributed by atoms with Crippen molar-refractivity contribution in [1.29, 1.82) is 0 Å². The van der Waals surface area contributed by atoms with Crippen molar-refractivity contribution in [3.8, 4) is 11.5 Å². The molecule has 0 radical (unpaired) electrons. The number of carbonyl (C=O) groups is 2. The first kappa shape index (κ1) is 17.5. The molecule has 0 bridgehead atoms. The second-order valence-electron chi connectivity index (χ2n) is 5.21. The molecule has 0 unspecified atom stereocenters. The van der Waals surface area contributed by atoms with E-state index in [9.17, 15) is 14.0 Å². The van der Waals surface area contributed by atoms with Gasteiger partial charge in [0.2, 0.25) is 0 Å². The van der Waals surface area contributed by atoms with E-state index in [1.807, 2.05) is 0 Å². The van der Waals surface area contributed by atoms with Crippen LogP contribution in [0.25, 0.3) is 0 Å². The molecule has 1 N–H and O–H groups in total. The molecule has 24 heavy (non-hydrogen) atoms. The Kier molecular flexibility index (Phi) is 5.52. The minimum Gasteiger partial charge on any atom is -0.497 e. The summed E-state index contributed by atoms with van der Waals surface area (Å²) in [6.45, 7) is 2.85. The predicted molar refractivity (Wildman–Crippen MR) is 88.3 cm³/mol. The van der Waals surface area contributed by atoms with Crippen LogP contribution in [0.4, 0.5) is 10.1 Å². The van der Waals surface area contributed by atoms with Crippen molar-refractivity contribution < 1.29 is 23.5 Å². The normalized spacial score (nSPS) is 10.2. The Morgan fingerprint density at radius 1 is 1.17 bits per heavy atom. The van der Waals surface area contributed by atoms with Gasteiger partial charge in [-0.3, -0.25) is 9.59 Å². The maximum atomic E-state index is 13.2. The number of hydrogen-bond acceptors (Lipinski definition) is 4. The third-order valence-electron chi connectivity index (χ3n) is 3.40. The number of methoxy groups -OCH3 is 1. The summed E-state index contributed by atoms with van der Waals surface area (Å²) < 4.78 is 23.7. The van der Waals surface area contributed by atoms with Gasteiger partial charge in [0.15, 0.2) is 12.4 Å². The highest BCUT2D eigenvalue weighted by molar-refractivity contribution is 5.97. The van der Waals surface area contributed by atoms with Crippen molar-refractivity contribution in [2.45, 2.75) is 13.8 Å². The molecule has 2 rings (SSSR count). The molecular formula is C18H18FNO4. The SMILES string of the molecule is COc1ccc(OCC(=O)Nc2cc(F)ccc2C)c(C(C)=O)c1. The second kappa shape index (κ2) is 7.59. The number of amides is 1. The van der Waals surface area contributed by atoms with E-state index in [0.29, 0.717) is 17.0 Å². The van der Waals surface area contributed by atoms with Crippen molar-refractivity contribution in [2.24, 2.45) is 0 Å². The summed E-state index contributed by atoms with van der Waals surface area (Å²) in [5.41, 5.74) is 1.44. The lowest BCUT2D eigenvalue weighted by Crippen LogP contribution is -2.21. The van der Waals surface area contributed by atoms with Gasteiger partial charge in [-0.05, 0) is 49.7 Å². The van der Waals surface area contributed by atoms with Gasteiger partial charge in [-0.2, -0.15) is 0 Å². The quantitative estimate of drug-likeness (QED) is 0.824. The summed E-state index contributed by atoms with van der Waals surface area (Å²) >= 11 is 0. The maximum Gasteiger partial charge on any atom is 0.262 e. The number of benzene rings is 2. The Bertz CT molecular complexity index is 774. The molecule has 1 amide bonds. The number of rotatable bonds is 6. The molecule has 0 spiro atoms. The third kappa shape index (κ3) is 4.32. The standard InChI is InChI=1S/C18H18FNO4/c1-11-4-5-13(19)8-16(11)20-18(22)10-24-17-7-6-14(23-3)9-15(17)12(2)21/h4-9H,10H2,1-3H3,(H,20,22). The van der Waals surface area contributed by atoms with E-state index in [1.54, 1.807) is 31.2 Å². The monoisotopic (exact) mass is 331 g/mol. The average Bonchev–Trinajstić information content (AvgIpc) is 2.56. The maximum absolute atomic E-state index is 13.2. The fraction of sp³-hybridized carbons (Fsp3) is 0.222. The number of hydrogen-bond donors (Lipinski definition) is 1. The fourth-order valence-corrected chi connectivity index (χ4v) is 2.10. The second-order valence-corrected chi connectivity index (χ2v) is 5.21. The minimum absolute atomic E-state index is 0.203. The number of aryl methyl sites for hydroxylation is 1. The topological polar surface area (TPSA) is 64.6 Å². The van der Waals surface area contributed by atoms with Crippen molar-refractivity contribution in [2.75, 3.05) is 19.0 Å². The Morgan fingerprint density at radius 3 is 2.58 bits per heavy atom. The van der Waals surface area contributed by atoms with Gasteiger partial charge < -0.3 is 14.8 Å². The van der Waals surface area contributed by atoms with E-state index >= 15 is 0 Å². The van der Waals surface area contributed by atoms with Crippen LogP contribution in [0.15, 0.2) is 36.4 Å². The molecule has 2 aromatic rings. The molecule has 2 aromatic carbocycles. The lowest BCUT2D eigenvalue weighted by atomic mass is 10.1. The number of anilines is 1. The van der Waals surface area contributed by atoms with Crippen molar-refractivity contribution >= 4 is 17.4 Å². The third-order valence-corrected chi connectivity index (χ3v) is 3.40. The van der Waals surface area contributed by atoms with Gasteiger partial charge in [0.05, 0.1) is 12.7 Å². The van der Waals surface area contributed by atoms with Crippen molar-refractivity contribution in [1.82, 2.24) is 0 Å². The van der Waals surface area contributed by atoms with Crippen LogP contribution >= 0.6 is 0 Å². The number of ketones is 1. The van der Waals surface area contributed by atoms with Gasteiger partial charge in [-0.15, -0.1) is 0 Å². The molecule has 0 aliphatic heterocycles. The predicted octanol–water partition coefficient (Wildman–Crippen LogP) is 3.36. The van der Waals surface area contributed by atoms with Crippen LogP contribution in [0.5, 0.6) is 11.5 Å². The zero-order chi connectivity index (χ0) is 17.7. The van der Waals surface area contributed by atoms with E-state index in [0.717, 1.165) is 5.56 Å². The lowest BCUT2D eigenvalue weighted by Gasteiger charge is -2.12. The number of halogens is 1. The van der Waals surface area contributed by atoms with Crippen molar-refractivity contribution in [3.05, 3.63) is 53.3 Å². The summed E-state index contributed by atoms with van der Waals surface area (Å²) in [5.74, 6) is -0.285. The minimum atomic E-state index is -0.450. The van der Waals surface area contributed by atoms with Crippen LogP contribution in [-0.4, -0.2) is 25.4 Å². The molecule has 0 saturated heterocycles. The molecular weight excluding hydrogens is 313 g/mol. The van der Waals surface area contributed by atoms with Crippen LogP contribution in [0.2, 0.25) is 0 Å². The highest BCUT2D eigenvalue weighted by Crippen LogP contribution is 2.24. The van der Waals surface area contributed by atoms with E-state index in [4.69, 9.17) is 9.47 Å². The number of ether oxygens (including phenoxy) is 2. The van der Waals surface area contributed by atoms with E-state index in [-0.39, 0.29) is 18.1 Å². The van der Waals surface area contributed by atoms with Crippen LogP contribution in [0.3, 0.4) is 0 Å². The number of carbonyl (C=O) groups excluding carboxylic acids is 2. The van der Waals surface area contributed by atoms with Gasteiger partial charge in [0, 0.05) is 5.69 Å². The van der Waals surface area contributed by atoms with Crippen LogP contribution in [0.1, 0.15) is 22.8 Å². The fourth-order valence-electron chi connectivity index (χ4n) is 2.10. The smallest absolute Gasteiger partial charge is 0.262 e. The largest absolute Gasteiger partial charge is 0.497 e. The summed E-state index contributed by atoms with van der Waals surface area (Å²) in [5, 5.41) is 2.58. The zero-order valence-electron chi connectivity index (χ0n) is 13.7. The molecule has 126 valence electrons. The van der Waals surface area contributed by atoms with E-state index in [1.165, 1.54) is 26.2 Å². The Hall–Kier alpha value is -2.89. The molecule has 0 aliphatic rings. The highest BCUT2D eigenvalue weighted by Gasteiger charge is 2.13. The Balaban J connectivity index is 2.06. The molecule has 0 fully saturated rings. The highest BCUT2D eigenvalue weighted by atomic mass is 19.1. The van der Waals surface area contributed by atoms with Crippen LogP contribution < -0.4 is 14.8 Å². The van der Waals surface area contributed by atoms with Crippen LogP contribution in [-0.2, 0) is 4.79 Å². The molecule has 6 heteroatoms. The number of nitrogens with one attached hydrogen (secondary N) is 1. The van der Waals surface area contributed by atoms with Crippen molar-refractivity contribution in [3.63, 3.8) is 0 Å². The summed E-state index contributed by atoms with van der Waals surface area (Å²) in [7, 11) is 1.49. The first-order valence-electron chi connectivity index (χ1n) is 7.28. The summed E-state index contributed by atoms with van der Waals surface area (Å²) in [6.07, 6.45) is 0. The van der Waals surface area contributed by atoms with Gasteiger partial charge in [0.25, 0.3) is 5.91 Å². The first-order chi connectivity index (χ1) is 11.4. The lowest BCUT2D eigenvalue weighted by molar-refractivity contribution is -0.118. The summed E-state index contributed by atoms with van der Waals surface area (Å²) in [6, 6.07) is 8.88. The van der Waals surface area contributed by atoms with Gasteiger partial charge >= 0.3 is 0 Å². The Labute approximate surface area is 139 Å². The van der Waals surface area contributed by atoms with E-state index < -0.39 is 11.7 Å². The van der Waals surface area contributed by atoms with Gasteiger partial charge in [-0.25, -0.2) is 4.39 Å². The molecule has 0 aliphatic carbocycles. The molecule has 0 saturated carbocycles. The number of Topliss-reactive ketones (excluding diaryl/α,β-unsaturated/α-hetero) is 1. The first-order valence-corrected chi connectivity index (χ1v) is 7.28. The van der Waals surface area contributed by atoms with Gasteiger partial charge in [0.1, 0.15) is 17.3 Å². The zero-order valence-corrected chi connectivity index (χ0v) is 13.7. The van der Waals surface area contributed by atoms with Gasteiger partial charge in [-0.1, -0.05) is 6.07 Å². The Morgan fingerprint density at radius 2 is 1.92 bits per heavy atom. The molecule has 0 heterocycles. The molecule has 0 atom stereocenters. The van der Waals surface area contributed by atoms with Crippen LogP contribution in [0, 0.1) is 12.7 Å². The van der Waals surface area contributed by atoms with E-state index in [2.05, 4.69) is 5.32 Å².